The van der Waals surface area contributed by atoms with Gasteiger partial charge in [-0.15, -0.1) is 11.3 Å². The summed E-state index contributed by atoms with van der Waals surface area (Å²) in [5.41, 5.74) is 1.46. The summed E-state index contributed by atoms with van der Waals surface area (Å²) in [6, 6.07) is 11.9. The van der Waals surface area contributed by atoms with Gasteiger partial charge in [0.2, 0.25) is 0 Å². The van der Waals surface area contributed by atoms with Crippen LogP contribution in [0.1, 0.15) is 38.4 Å². The van der Waals surface area contributed by atoms with Crippen LogP contribution in [0.5, 0.6) is 11.5 Å². The van der Waals surface area contributed by atoms with Crippen LogP contribution in [-0.2, 0) is 6.54 Å². The second-order valence-corrected chi connectivity index (χ2v) is 8.88. The Bertz CT molecular complexity index is 1130. The van der Waals surface area contributed by atoms with E-state index in [0.717, 1.165) is 43.9 Å². The zero-order chi connectivity index (χ0) is 23.2. The van der Waals surface area contributed by atoms with Gasteiger partial charge < -0.3 is 25.4 Å². The van der Waals surface area contributed by atoms with E-state index in [1.54, 1.807) is 53.8 Å². The molecule has 2 aliphatic heterocycles. The van der Waals surface area contributed by atoms with Crippen LogP contribution in [0.25, 0.3) is 0 Å². The first-order chi connectivity index (χ1) is 16.1. The number of carbonyl (C=O) groups excluding carboxylic acids is 2. The van der Waals surface area contributed by atoms with Gasteiger partial charge in [0.1, 0.15) is 12.0 Å². The molecule has 0 saturated carbocycles. The van der Waals surface area contributed by atoms with Crippen LogP contribution in [0.3, 0.4) is 0 Å². The van der Waals surface area contributed by atoms with Gasteiger partial charge in [0.25, 0.3) is 5.91 Å². The van der Waals surface area contributed by atoms with Crippen molar-refractivity contribution in [3.8, 4) is 11.5 Å². The van der Waals surface area contributed by atoms with Gasteiger partial charge in [0.15, 0.2) is 10.9 Å². The number of ether oxygens (including phenoxy) is 1. The lowest BCUT2D eigenvalue weighted by Gasteiger charge is -2.29. The molecule has 1 aromatic heterocycles. The fourth-order valence-electron chi connectivity index (χ4n) is 3.62. The van der Waals surface area contributed by atoms with Crippen LogP contribution < -0.4 is 20.3 Å². The number of carbonyl (C=O) groups is 2. The molecule has 33 heavy (non-hydrogen) atoms. The molecule has 0 radical (unpaired) electrons. The standard InChI is InChI=1S/C14H9NO3.C10H17N3OS/c16-8-9-5-6-13-11(7-9)15-14(17)10-3-1-2-4-12(10)18-13;1-11-6-9-7-12-10(15-9)13-4-2-8(14)3-5-13/h1-8H,(H,15,17);7-8,11,14H,2-6H2,1H3. The Morgan fingerprint density at radius 3 is 2.79 bits per heavy atom. The number of rotatable bonds is 4. The monoisotopic (exact) mass is 466 g/mol. The van der Waals surface area contributed by atoms with Gasteiger partial charge >= 0.3 is 0 Å². The largest absolute Gasteiger partial charge is 0.454 e. The molecule has 2 aliphatic rings. The number of nitrogens with zero attached hydrogens (tertiary/aromatic N) is 2. The van der Waals surface area contributed by atoms with Crippen molar-refractivity contribution in [3.63, 3.8) is 0 Å². The van der Waals surface area contributed by atoms with Gasteiger partial charge in [-0.05, 0) is 50.2 Å². The Balaban J connectivity index is 0.000000160. The molecule has 2 aromatic carbocycles. The lowest BCUT2D eigenvalue weighted by atomic mass is 10.1. The van der Waals surface area contributed by atoms with E-state index in [2.05, 4.69) is 20.5 Å². The van der Waals surface area contributed by atoms with Gasteiger partial charge in [-0.1, -0.05) is 12.1 Å². The van der Waals surface area contributed by atoms with E-state index in [1.807, 2.05) is 13.2 Å². The number of aldehydes is 1. The lowest BCUT2D eigenvalue weighted by Crippen LogP contribution is -2.35. The fourth-order valence-corrected chi connectivity index (χ4v) is 4.59. The average molecular weight is 467 g/mol. The number of hydrogen-bond donors (Lipinski definition) is 3. The molecule has 9 heteroatoms. The molecule has 3 N–H and O–H groups in total. The molecule has 3 heterocycles. The third-order valence-electron chi connectivity index (χ3n) is 5.37. The SMILES string of the molecule is CNCc1cnc(N2CCC(O)CC2)s1.O=Cc1ccc2c(c1)NC(=O)c1ccccc1O2. The number of aromatic nitrogens is 1. The van der Waals surface area contributed by atoms with Crippen molar-refractivity contribution in [1.82, 2.24) is 10.3 Å². The van der Waals surface area contributed by atoms with Crippen LogP contribution in [0.15, 0.2) is 48.7 Å². The van der Waals surface area contributed by atoms with Crippen molar-refractivity contribution >= 4 is 34.3 Å². The van der Waals surface area contributed by atoms with E-state index in [4.69, 9.17) is 4.74 Å². The smallest absolute Gasteiger partial charge is 0.259 e. The molecule has 172 valence electrons. The number of amides is 1. The molecule has 0 aliphatic carbocycles. The van der Waals surface area contributed by atoms with Gasteiger partial charge in [-0.25, -0.2) is 4.98 Å². The summed E-state index contributed by atoms with van der Waals surface area (Å²) >= 11 is 1.74. The summed E-state index contributed by atoms with van der Waals surface area (Å²) in [5, 5.41) is 16.3. The van der Waals surface area contributed by atoms with Gasteiger partial charge in [-0.2, -0.15) is 0 Å². The van der Waals surface area contributed by atoms with Crippen LogP contribution in [0.2, 0.25) is 0 Å². The summed E-state index contributed by atoms with van der Waals surface area (Å²) < 4.78 is 5.67. The fraction of sp³-hybridized carbons (Fsp3) is 0.292. The van der Waals surface area contributed by atoms with Gasteiger partial charge in [0, 0.05) is 36.3 Å². The number of nitrogens with one attached hydrogen (secondary N) is 2. The zero-order valence-electron chi connectivity index (χ0n) is 18.3. The molecule has 1 saturated heterocycles. The van der Waals surface area contributed by atoms with E-state index in [9.17, 15) is 14.7 Å². The highest BCUT2D eigenvalue weighted by Gasteiger charge is 2.21. The molecule has 0 unspecified atom stereocenters. The number of anilines is 2. The minimum absolute atomic E-state index is 0.113. The third-order valence-corrected chi connectivity index (χ3v) is 6.42. The number of fused-ring (bicyclic) bond motifs is 2. The number of aliphatic hydroxyl groups is 1. The Kier molecular flexibility index (Phi) is 7.33. The quantitative estimate of drug-likeness (QED) is 0.504. The highest BCUT2D eigenvalue weighted by atomic mass is 32.1. The Morgan fingerprint density at radius 2 is 2.03 bits per heavy atom. The first-order valence-corrected chi connectivity index (χ1v) is 11.6. The molecule has 0 bridgehead atoms. The second-order valence-electron chi connectivity index (χ2n) is 7.78. The topological polar surface area (TPSA) is 104 Å². The number of benzene rings is 2. The highest BCUT2D eigenvalue weighted by molar-refractivity contribution is 7.15. The van der Waals surface area contributed by atoms with Gasteiger partial charge in [0.05, 0.1) is 17.4 Å². The molecule has 8 nitrogen and oxygen atoms in total. The van der Waals surface area contributed by atoms with Crippen molar-refractivity contribution in [2.75, 3.05) is 30.4 Å². The van der Waals surface area contributed by atoms with E-state index < -0.39 is 0 Å². The zero-order valence-corrected chi connectivity index (χ0v) is 19.1. The van der Waals surface area contributed by atoms with Gasteiger partial charge in [-0.3, -0.25) is 9.59 Å². The molecule has 3 aromatic rings. The summed E-state index contributed by atoms with van der Waals surface area (Å²) in [6.45, 7) is 2.73. The minimum Gasteiger partial charge on any atom is -0.454 e. The maximum absolute atomic E-state index is 12.0. The number of aliphatic hydroxyl groups excluding tert-OH is 1. The van der Waals surface area contributed by atoms with Crippen LogP contribution in [-0.4, -0.2) is 48.5 Å². The molecule has 0 atom stereocenters. The molecular formula is C24H26N4O4S. The highest BCUT2D eigenvalue weighted by Crippen LogP contribution is 2.35. The molecular weight excluding hydrogens is 440 g/mol. The van der Waals surface area contributed by atoms with Crippen molar-refractivity contribution in [3.05, 3.63) is 64.7 Å². The number of hydrogen-bond acceptors (Lipinski definition) is 8. The number of piperidine rings is 1. The number of para-hydroxylation sites is 1. The Hall–Kier alpha value is -3.27. The van der Waals surface area contributed by atoms with Crippen molar-refractivity contribution in [2.45, 2.75) is 25.5 Å². The summed E-state index contributed by atoms with van der Waals surface area (Å²) in [4.78, 5) is 30.6. The minimum atomic E-state index is -0.243. The van der Waals surface area contributed by atoms with Crippen LogP contribution in [0.4, 0.5) is 10.8 Å². The molecule has 0 spiro atoms. The van der Waals surface area contributed by atoms with E-state index in [0.29, 0.717) is 28.3 Å². The van der Waals surface area contributed by atoms with Crippen molar-refractivity contribution in [2.24, 2.45) is 0 Å². The van der Waals surface area contributed by atoms with Crippen molar-refractivity contribution < 1.29 is 19.4 Å². The van der Waals surface area contributed by atoms with Crippen LogP contribution >= 0.6 is 11.3 Å². The third kappa shape index (κ3) is 5.57. The molecule has 5 rings (SSSR count). The second kappa shape index (κ2) is 10.6. The average Bonchev–Trinajstić information content (AvgIpc) is 3.24. The van der Waals surface area contributed by atoms with Crippen LogP contribution in [0, 0.1) is 0 Å². The summed E-state index contributed by atoms with van der Waals surface area (Å²) in [6.07, 6.45) is 4.27. The Morgan fingerprint density at radius 1 is 1.24 bits per heavy atom. The predicted octanol–water partition coefficient (Wildman–Crippen LogP) is 3.68. The first kappa shape index (κ1) is 22.9. The molecule has 1 fully saturated rings. The summed E-state index contributed by atoms with van der Waals surface area (Å²) in [7, 11) is 1.94. The first-order valence-electron chi connectivity index (χ1n) is 10.8. The number of thiazole rings is 1. The van der Waals surface area contributed by atoms with E-state index >= 15 is 0 Å². The van der Waals surface area contributed by atoms with Crippen molar-refractivity contribution in [1.29, 1.82) is 0 Å². The normalized spacial score (nSPS) is 15.2. The van der Waals surface area contributed by atoms with E-state index in [1.165, 1.54) is 4.88 Å². The molecule has 1 amide bonds. The maximum Gasteiger partial charge on any atom is 0.259 e. The maximum atomic E-state index is 12.0. The lowest BCUT2D eigenvalue weighted by molar-refractivity contribution is 0.102. The predicted molar refractivity (Wildman–Crippen MR) is 129 cm³/mol. The van der Waals surface area contributed by atoms with E-state index in [-0.39, 0.29) is 12.0 Å². The summed E-state index contributed by atoms with van der Waals surface area (Å²) in [5.74, 6) is 0.791. The Labute approximate surface area is 196 Å².